The first-order chi connectivity index (χ1) is 9.61. The van der Waals surface area contributed by atoms with Gasteiger partial charge in [-0.05, 0) is 42.2 Å². The molecule has 2 aromatic rings. The highest BCUT2D eigenvalue weighted by Crippen LogP contribution is 2.30. The molecule has 0 fully saturated rings. The maximum absolute atomic E-state index is 9.35. The number of benzene rings is 2. The predicted octanol–water partition coefficient (Wildman–Crippen LogP) is 5.89. The summed E-state index contributed by atoms with van der Waals surface area (Å²) in [7, 11) is 0. The molecular formula is C16H12Cl3N. The van der Waals surface area contributed by atoms with Gasteiger partial charge in [-0.25, -0.2) is 0 Å². The second-order valence-electron chi connectivity index (χ2n) is 4.48. The van der Waals surface area contributed by atoms with Crippen LogP contribution in [0.15, 0.2) is 42.5 Å². The van der Waals surface area contributed by atoms with Crippen molar-refractivity contribution in [1.82, 2.24) is 0 Å². The summed E-state index contributed by atoms with van der Waals surface area (Å²) in [5, 5.41) is 11.2. The Labute approximate surface area is 133 Å². The number of rotatable bonds is 4. The normalized spacial score (nSPS) is 11.9. The van der Waals surface area contributed by atoms with Crippen molar-refractivity contribution < 1.29 is 0 Å². The van der Waals surface area contributed by atoms with Crippen molar-refractivity contribution in [3.63, 3.8) is 0 Å². The molecule has 0 radical (unpaired) electrons. The molecule has 0 aliphatic rings. The number of aryl methyl sites for hydroxylation is 1. The van der Waals surface area contributed by atoms with Gasteiger partial charge in [0, 0.05) is 15.1 Å². The van der Waals surface area contributed by atoms with E-state index in [1.165, 1.54) is 0 Å². The second kappa shape index (κ2) is 6.99. The van der Waals surface area contributed by atoms with Gasteiger partial charge in [-0.15, -0.1) is 0 Å². The topological polar surface area (TPSA) is 23.8 Å². The van der Waals surface area contributed by atoms with Gasteiger partial charge in [0.05, 0.1) is 12.0 Å². The Morgan fingerprint density at radius 3 is 2.40 bits per heavy atom. The SMILES string of the molecule is N#C[C@@H](CCc1ccccc1Cl)c1ccc(Cl)cc1Cl. The van der Waals surface area contributed by atoms with Gasteiger partial charge in [0.2, 0.25) is 0 Å². The predicted molar refractivity (Wildman–Crippen MR) is 84.6 cm³/mol. The van der Waals surface area contributed by atoms with Crippen molar-refractivity contribution >= 4 is 34.8 Å². The summed E-state index contributed by atoms with van der Waals surface area (Å²) in [6.45, 7) is 0. The Morgan fingerprint density at radius 2 is 1.75 bits per heavy atom. The molecule has 2 rings (SSSR count). The molecule has 0 aromatic heterocycles. The Balaban J connectivity index is 2.14. The van der Waals surface area contributed by atoms with E-state index in [1.807, 2.05) is 30.3 Å². The standard InChI is InChI=1S/C16H12Cl3N/c17-13-7-8-14(16(19)9-13)12(10-20)6-5-11-3-1-2-4-15(11)18/h1-4,7-9,12H,5-6H2/t12-/m1/s1. The Morgan fingerprint density at radius 1 is 1.00 bits per heavy atom. The lowest BCUT2D eigenvalue weighted by molar-refractivity contribution is 0.746. The molecule has 0 aliphatic carbocycles. The van der Waals surface area contributed by atoms with Crippen LogP contribution in [0.4, 0.5) is 0 Å². The zero-order chi connectivity index (χ0) is 14.5. The lowest BCUT2D eigenvalue weighted by Gasteiger charge is -2.12. The molecular weight excluding hydrogens is 313 g/mol. The molecule has 102 valence electrons. The van der Waals surface area contributed by atoms with E-state index in [9.17, 15) is 5.26 Å². The molecule has 20 heavy (non-hydrogen) atoms. The molecule has 0 unspecified atom stereocenters. The van der Waals surface area contributed by atoms with Crippen LogP contribution in [0.5, 0.6) is 0 Å². The molecule has 0 heterocycles. The summed E-state index contributed by atoms with van der Waals surface area (Å²) >= 11 is 18.2. The minimum Gasteiger partial charge on any atom is -0.198 e. The maximum Gasteiger partial charge on any atom is 0.0730 e. The van der Waals surface area contributed by atoms with Crippen LogP contribution in [0.1, 0.15) is 23.5 Å². The summed E-state index contributed by atoms with van der Waals surface area (Å²) in [5.74, 6) is -0.268. The van der Waals surface area contributed by atoms with Crippen LogP contribution in [-0.4, -0.2) is 0 Å². The van der Waals surface area contributed by atoms with Crippen LogP contribution in [0.25, 0.3) is 0 Å². The van der Waals surface area contributed by atoms with Gasteiger partial charge in [-0.1, -0.05) is 59.1 Å². The highest BCUT2D eigenvalue weighted by molar-refractivity contribution is 6.35. The number of hydrogen-bond donors (Lipinski definition) is 0. The molecule has 1 atom stereocenters. The van der Waals surface area contributed by atoms with E-state index in [0.717, 1.165) is 22.6 Å². The van der Waals surface area contributed by atoms with Gasteiger partial charge in [0.1, 0.15) is 0 Å². The Kier molecular flexibility index (Phi) is 5.31. The fourth-order valence-corrected chi connectivity index (χ4v) is 2.85. The minimum atomic E-state index is -0.268. The van der Waals surface area contributed by atoms with Gasteiger partial charge in [0.25, 0.3) is 0 Å². The summed E-state index contributed by atoms with van der Waals surface area (Å²) < 4.78 is 0. The highest BCUT2D eigenvalue weighted by Gasteiger charge is 2.15. The lowest BCUT2D eigenvalue weighted by atomic mass is 9.93. The van der Waals surface area contributed by atoms with Gasteiger partial charge in [-0.2, -0.15) is 5.26 Å². The Hall–Kier alpha value is -1.20. The van der Waals surface area contributed by atoms with Crippen LogP contribution in [0, 0.1) is 11.3 Å². The van der Waals surface area contributed by atoms with E-state index >= 15 is 0 Å². The molecule has 2 aromatic carbocycles. The molecule has 0 spiro atoms. The fraction of sp³-hybridized carbons (Fsp3) is 0.188. The lowest BCUT2D eigenvalue weighted by Crippen LogP contribution is -2.00. The van der Waals surface area contributed by atoms with Crippen molar-refractivity contribution in [2.24, 2.45) is 0 Å². The first-order valence-corrected chi connectivity index (χ1v) is 7.33. The number of nitrogens with zero attached hydrogens (tertiary/aromatic N) is 1. The van der Waals surface area contributed by atoms with E-state index in [-0.39, 0.29) is 5.92 Å². The number of halogens is 3. The molecule has 0 bridgehead atoms. The van der Waals surface area contributed by atoms with Crippen molar-refractivity contribution in [2.75, 3.05) is 0 Å². The van der Waals surface area contributed by atoms with E-state index in [1.54, 1.807) is 12.1 Å². The van der Waals surface area contributed by atoms with Gasteiger partial charge in [-0.3, -0.25) is 0 Å². The van der Waals surface area contributed by atoms with E-state index in [4.69, 9.17) is 34.8 Å². The molecule has 0 aliphatic heterocycles. The summed E-state index contributed by atoms with van der Waals surface area (Å²) in [4.78, 5) is 0. The third-order valence-electron chi connectivity index (χ3n) is 3.15. The van der Waals surface area contributed by atoms with Crippen LogP contribution in [0.2, 0.25) is 15.1 Å². The van der Waals surface area contributed by atoms with E-state index in [2.05, 4.69) is 6.07 Å². The van der Waals surface area contributed by atoms with E-state index in [0.29, 0.717) is 16.5 Å². The average molecular weight is 325 g/mol. The molecule has 0 saturated heterocycles. The minimum absolute atomic E-state index is 0.268. The monoisotopic (exact) mass is 323 g/mol. The van der Waals surface area contributed by atoms with Crippen molar-refractivity contribution in [3.05, 3.63) is 68.7 Å². The van der Waals surface area contributed by atoms with Gasteiger partial charge >= 0.3 is 0 Å². The molecule has 0 saturated carbocycles. The third kappa shape index (κ3) is 3.67. The first-order valence-electron chi connectivity index (χ1n) is 6.20. The van der Waals surface area contributed by atoms with Crippen LogP contribution in [-0.2, 0) is 6.42 Å². The van der Waals surface area contributed by atoms with Crippen molar-refractivity contribution in [2.45, 2.75) is 18.8 Å². The van der Waals surface area contributed by atoms with Crippen LogP contribution < -0.4 is 0 Å². The van der Waals surface area contributed by atoms with Crippen LogP contribution in [0.3, 0.4) is 0 Å². The van der Waals surface area contributed by atoms with Gasteiger partial charge < -0.3 is 0 Å². The van der Waals surface area contributed by atoms with Gasteiger partial charge in [0.15, 0.2) is 0 Å². The summed E-state index contributed by atoms with van der Waals surface area (Å²) in [6.07, 6.45) is 1.40. The Bertz CT molecular complexity index is 646. The van der Waals surface area contributed by atoms with Crippen molar-refractivity contribution in [1.29, 1.82) is 5.26 Å². The first kappa shape index (κ1) is 15.2. The highest BCUT2D eigenvalue weighted by atomic mass is 35.5. The largest absolute Gasteiger partial charge is 0.198 e. The summed E-state index contributed by atoms with van der Waals surface area (Å²) in [6, 6.07) is 15.2. The maximum atomic E-state index is 9.35. The third-order valence-corrected chi connectivity index (χ3v) is 4.09. The molecule has 4 heteroatoms. The van der Waals surface area contributed by atoms with E-state index < -0.39 is 0 Å². The zero-order valence-electron chi connectivity index (χ0n) is 10.6. The smallest absolute Gasteiger partial charge is 0.0730 e. The quantitative estimate of drug-likeness (QED) is 0.688. The van der Waals surface area contributed by atoms with Crippen molar-refractivity contribution in [3.8, 4) is 6.07 Å². The summed E-state index contributed by atoms with van der Waals surface area (Å²) in [5.41, 5.74) is 1.85. The molecule has 1 nitrogen and oxygen atoms in total. The number of nitriles is 1. The second-order valence-corrected chi connectivity index (χ2v) is 5.73. The zero-order valence-corrected chi connectivity index (χ0v) is 12.9. The van der Waals surface area contributed by atoms with Crippen LogP contribution >= 0.6 is 34.8 Å². The molecule has 0 N–H and O–H groups in total. The average Bonchev–Trinajstić information content (AvgIpc) is 2.43. The fourth-order valence-electron chi connectivity index (χ4n) is 2.07. The number of hydrogen-bond acceptors (Lipinski definition) is 1. The molecule has 0 amide bonds.